The fraction of sp³-hybridized carbons (Fsp3) is 0.250. The maximum absolute atomic E-state index is 6.01. The third kappa shape index (κ3) is 3.44. The van der Waals surface area contributed by atoms with Crippen LogP contribution in [0.5, 0.6) is 11.5 Å². The molecule has 2 aromatic rings. The smallest absolute Gasteiger partial charge is 0.136 e. The minimum Gasteiger partial charge on any atom is -0.497 e. The molecule has 0 radical (unpaired) electrons. The first-order chi connectivity index (χ1) is 9.63. The highest BCUT2D eigenvalue weighted by atomic mass is 35.5. The summed E-state index contributed by atoms with van der Waals surface area (Å²) in [5.74, 6) is 1.54. The summed E-state index contributed by atoms with van der Waals surface area (Å²) in [6.07, 6.45) is -0.217. The SMILES string of the molecule is COc1cccc(C(CN)Oc2ccc(Cl)c(C)c2)c1. The van der Waals surface area contributed by atoms with Crippen LogP contribution in [0.25, 0.3) is 0 Å². The molecule has 1 unspecified atom stereocenters. The molecule has 2 aromatic carbocycles. The van der Waals surface area contributed by atoms with Gasteiger partial charge < -0.3 is 15.2 Å². The van der Waals surface area contributed by atoms with Gasteiger partial charge in [-0.25, -0.2) is 0 Å². The van der Waals surface area contributed by atoms with Gasteiger partial charge in [-0.05, 0) is 48.4 Å². The number of halogens is 1. The molecule has 0 amide bonds. The van der Waals surface area contributed by atoms with Crippen LogP contribution in [0.2, 0.25) is 5.02 Å². The Morgan fingerprint density at radius 2 is 1.95 bits per heavy atom. The largest absolute Gasteiger partial charge is 0.497 e. The summed E-state index contributed by atoms with van der Waals surface area (Å²) in [4.78, 5) is 0. The van der Waals surface area contributed by atoms with E-state index in [1.165, 1.54) is 0 Å². The molecule has 3 nitrogen and oxygen atoms in total. The summed E-state index contributed by atoms with van der Waals surface area (Å²) in [6.45, 7) is 2.33. The fourth-order valence-corrected chi connectivity index (χ4v) is 2.07. The second-order valence-corrected chi connectivity index (χ2v) is 4.94. The van der Waals surface area contributed by atoms with E-state index in [4.69, 9.17) is 26.8 Å². The molecule has 0 saturated carbocycles. The van der Waals surface area contributed by atoms with Crippen molar-refractivity contribution in [3.05, 3.63) is 58.6 Å². The first kappa shape index (κ1) is 14.7. The van der Waals surface area contributed by atoms with Gasteiger partial charge in [0, 0.05) is 11.6 Å². The summed E-state index contributed by atoms with van der Waals surface area (Å²) >= 11 is 6.01. The van der Waals surface area contributed by atoms with Crippen LogP contribution in [0.1, 0.15) is 17.2 Å². The highest BCUT2D eigenvalue weighted by Gasteiger charge is 2.13. The second kappa shape index (κ2) is 6.64. The minimum atomic E-state index is -0.217. The van der Waals surface area contributed by atoms with Gasteiger partial charge in [0.1, 0.15) is 17.6 Å². The summed E-state index contributed by atoms with van der Waals surface area (Å²) in [5, 5.41) is 0.725. The van der Waals surface area contributed by atoms with Gasteiger partial charge in [-0.15, -0.1) is 0 Å². The number of methoxy groups -OCH3 is 1. The molecule has 0 spiro atoms. The van der Waals surface area contributed by atoms with Gasteiger partial charge in [-0.3, -0.25) is 0 Å². The molecule has 0 aliphatic rings. The molecule has 0 aliphatic heterocycles. The highest BCUT2D eigenvalue weighted by molar-refractivity contribution is 6.31. The zero-order valence-electron chi connectivity index (χ0n) is 11.6. The Morgan fingerprint density at radius 3 is 2.60 bits per heavy atom. The zero-order valence-corrected chi connectivity index (χ0v) is 12.4. The van der Waals surface area contributed by atoms with Crippen molar-refractivity contribution in [2.75, 3.05) is 13.7 Å². The lowest BCUT2D eigenvalue weighted by Crippen LogP contribution is -2.18. The normalized spacial score (nSPS) is 12.0. The van der Waals surface area contributed by atoms with Gasteiger partial charge in [-0.1, -0.05) is 23.7 Å². The van der Waals surface area contributed by atoms with Crippen molar-refractivity contribution in [2.24, 2.45) is 5.73 Å². The maximum Gasteiger partial charge on any atom is 0.136 e. The molecule has 0 saturated heterocycles. The van der Waals surface area contributed by atoms with E-state index in [-0.39, 0.29) is 6.10 Å². The van der Waals surface area contributed by atoms with Gasteiger partial charge >= 0.3 is 0 Å². The van der Waals surface area contributed by atoms with Gasteiger partial charge in [0.15, 0.2) is 0 Å². The number of hydrogen-bond donors (Lipinski definition) is 1. The second-order valence-electron chi connectivity index (χ2n) is 4.53. The molecule has 2 N–H and O–H groups in total. The first-order valence-corrected chi connectivity index (χ1v) is 6.78. The predicted octanol–water partition coefficient (Wildman–Crippen LogP) is 3.74. The summed E-state index contributed by atoms with van der Waals surface area (Å²) in [6, 6.07) is 13.3. The molecule has 20 heavy (non-hydrogen) atoms. The molecule has 4 heteroatoms. The van der Waals surface area contributed by atoms with Crippen molar-refractivity contribution in [1.29, 1.82) is 0 Å². The quantitative estimate of drug-likeness (QED) is 0.913. The lowest BCUT2D eigenvalue weighted by atomic mass is 10.1. The van der Waals surface area contributed by atoms with Crippen LogP contribution in [-0.2, 0) is 0 Å². The average molecular weight is 292 g/mol. The summed E-state index contributed by atoms with van der Waals surface area (Å²) in [5.41, 5.74) is 7.78. The Bertz CT molecular complexity index is 586. The van der Waals surface area contributed by atoms with Crippen molar-refractivity contribution in [1.82, 2.24) is 0 Å². The van der Waals surface area contributed by atoms with Crippen LogP contribution in [0.3, 0.4) is 0 Å². The van der Waals surface area contributed by atoms with Crippen LogP contribution in [0.4, 0.5) is 0 Å². The highest BCUT2D eigenvalue weighted by Crippen LogP contribution is 2.27. The van der Waals surface area contributed by atoms with E-state index in [1.54, 1.807) is 7.11 Å². The van der Waals surface area contributed by atoms with E-state index in [9.17, 15) is 0 Å². The van der Waals surface area contributed by atoms with Crippen LogP contribution in [0, 0.1) is 6.92 Å². The minimum absolute atomic E-state index is 0.217. The maximum atomic E-state index is 6.01. The van der Waals surface area contributed by atoms with Crippen molar-refractivity contribution in [3.8, 4) is 11.5 Å². The molecule has 106 valence electrons. The molecule has 0 fully saturated rings. The summed E-state index contributed by atoms with van der Waals surface area (Å²) in [7, 11) is 1.64. The molecule has 1 atom stereocenters. The van der Waals surface area contributed by atoms with Gasteiger partial charge in [0.2, 0.25) is 0 Å². The van der Waals surface area contributed by atoms with Gasteiger partial charge in [0.05, 0.1) is 7.11 Å². The molecular weight excluding hydrogens is 274 g/mol. The monoisotopic (exact) mass is 291 g/mol. The average Bonchev–Trinajstić information content (AvgIpc) is 2.48. The van der Waals surface area contributed by atoms with Crippen LogP contribution in [-0.4, -0.2) is 13.7 Å². The van der Waals surface area contributed by atoms with Gasteiger partial charge in [0.25, 0.3) is 0 Å². The Balaban J connectivity index is 2.21. The van der Waals surface area contributed by atoms with E-state index >= 15 is 0 Å². The van der Waals surface area contributed by atoms with E-state index in [0.29, 0.717) is 6.54 Å². The van der Waals surface area contributed by atoms with E-state index in [1.807, 2.05) is 49.4 Å². The third-order valence-electron chi connectivity index (χ3n) is 3.09. The molecule has 0 bridgehead atoms. The Morgan fingerprint density at radius 1 is 1.15 bits per heavy atom. The van der Waals surface area contributed by atoms with E-state index in [2.05, 4.69) is 0 Å². The lowest BCUT2D eigenvalue weighted by Gasteiger charge is -2.19. The van der Waals surface area contributed by atoms with E-state index in [0.717, 1.165) is 27.6 Å². The standard InChI is InChI=1S/C16H18ClNO2/c1-11-8-14(6-7-15(11)17)20-16(10-18)12-4-3-5-13(9-12)19-2/h3-9,16H,10,18H2,1-2H3. The van der Waals surface area contributed by atoms with Crippen molar-refractivity contribution in [3.63, 3.8) is 0 Å². The van der Waals surface area contributed by atoms with Crippen LogP contribution >= 0.6 is 11.6 Å². The Kier molecular flexibility index (Phi) is 4.88. The molecular formula is C16H18ClNO2. The van der Waals surface area contributed by atoms with Gasteiger partial charge in [-0.2, -0.15) is 0 Å². The van der Waals surface area contributed by atoms with Crippen molar-refractivity contribution < 1.29 is 9.47 Å². The number of benzene rings is 2. The van der Waals surface area contributed by atoms with Crippen molar-refractivity contribution in [2.45, 2.75) is 13.0 Å². The molecule has 0 aromatic heterocycles. The lowest BCUT2D eigenvalue weighted by molar-refractivity contribution is 0.213. The molecule has 2 rings (SSSR count). The number of aryl methyl sites for hydroxylation is 1. The predicted molar refractivity (Wildman–Crippen MR) is 81.6 cm³/mol. The third-order valence-corrected chi connectivity index (χ3v) is 3.51. The van der Waals surface area contributed by atoms with Crippen molar-refractivity contribution >= 4 is 11.6 Å². The van der Waals surface area contributed by atoms with Crippen LogP contribution in [0.15, 0.2) is 42.5 Å². The topological polar surface area (TPSA) is 44.5 Å². The molecule has 0 heterocycles. The molecule has 0 aliphatic carbocycles. The summed E-state index contributed by atoms with van der Waals surface area (Å²) < 4.78 is 11.2. The zero-order chi connectivity index (χ0) is 14.5. The van der Waals surface area contributed by atoms with E-state index < -0.39 is 0 Å². The van der Waals surface area contributed by atoms with Crippen LogP contribution < -0.4 is 15.2 Å². The fourth-order valence-electron chi connectivity index (χ4n) is 1.95. The number of nitrogens with two attached hydrogens (primary N) is 1. The Hall–Kier alpha value is -1.71. The first-order valence-electron chi connectivity index (χ1n) is 6.41. The number of ether oxygens (including phenoxy) is 2. The number of hydrogen-bond acceptors (Lipinski definition) is 3. The Labute approximate surface area is 124 Å². The number of rotatable bonds is 5.